The number of rotatable bonds is 8. The van der Waals surface area contributed by atoms with Crippen molar-refractivity contribution in [2.75, 3.05) is 13.2 Å². The topological polar surface area (TPSA) is 44.5 Å². The van der Waals surface area contributed by atoms with Gasteiger partial charge in [-0.25, -0.2) is 0 Å². The molecule has 0 saturated heterocycles. The minimum absolute atomic E-state index is 0.530. The van der Waals surface area contributed by atoms with Gasteiger partial charge in [-0.1, -0.05) is 43.3 Å². The van der Waals surface area contributed by atoms with E-state index < -0.39 is 0 Å². The highest BCUT2D eigenvalue weighted by atomic mass is 16.5. The van der Waals surface area contributed by atoms with Crippen molar-refractivity contribution in [1.82, 2.24) is 0 Å². The number of para-hydroxylation sites is 2. The molecular weight excluding hydrogens is 262 g/mol. The van der Waals surface area contributed by atoms with Gasteiger partial charge < -0.3 is 15.2 Å². The number of nitrogens with two attached hydrogens (primary N) is 1. The second-order valence-electron chi connectivity index (χ2n) is 4.89. The van der Waals surface area contributed by atoms with Gasteiger partial charge in [0.25, 0.3) is 0 Å². The lowest BCUT2D eigenvalue weighted by Gasteiger charge is -2.14. The first kappa shape index (κ1) is 15.4. The summed E-state index contributed by atoms with van der Waals surface area (Å²) in [7, 11) is 0. The summed E-state index contributed by atoms with van der Waals surface area (Å²) in [6.45, 7) is 3.96. The van der Waals surface area contributed by atoms with E-state index in [-0.39, 0.29) is 0 Å². The van der Waals surface area contributed by atoms with Gasteiger partial charge in [0.2, 0.25) is 0 Å². The molecule has 2 N–H and O–H groups in total. The SMILES string of the molecule is CCCOc1ccccc1OCc1ccccc1CCN. The second kappa shape index (κ2) is 8.32. The zero-order valence-electron chi connectivity index (χ0n) is 12.5. The number of hydrogen-bond donors (Lipinski definition) is 1. The van der Waals surface area contributed by atoms with Crippen molar-refractivity contribution in [2.45, 2.75) is 26.4 Å². The summed E-state index contributed by atoms with van der Waals surface area (Å²) in [5.74, 6) is 1.59. The third-order valence-electron chi connectivity index (χ3n) is 3.23. The summed E-state index contributed by atoms with van der Waals surface area (Å²) in [5, 5.41) is 0. The zero-order chi connectivity index (χ0) is 14.9. The molecule has 0 aliphatic carbocycles. The molecule has 0 heterocycles. The summed E-state index contributed by atoms with van der Waals surface area (Å²) >= 11 is 0. The first-order chi connectivity index (χ1) is 10.3. The van der Waals surface area contributed by atoms with Gasteiger partial charge in [0.1, 0.15) is 6.61 Å². The van der Waals surface area contributed by atoms with Crippen molar-refractivity contribution in [3.05, 3.63) is 59.7 Å². The van der Waals surface area contributed by atoms with Crippen LogP contribution in [0.3, 0.4) is 0 Å². The highest BCUT2D eigenvalue weighted by Crippen LogP contribution is 2.27. The third kappa shape index (κ3) is 4.50. The normalized spacial score (nSPS) is 10.4. The standard InChI is InChI=1S/C18H23NO2/c1-2-13-20-17-9-5-6-10-18(17)21-14-16-8-4-3-7-15(16)11-12-19/h3-10H,2,11-14,19H2,1H3. The van der Waals surface area contributed by atoms with E-state index in [2.05, 4.69) is 19.1 Å². The maximum Gasteiger partial charge on any atom is 0.161 e. The zero-order valence-corrected chi connectivity index (χ0v) is 12.5. The van der Waals surface area contributed by atoms with Crippen LogP contribution in [0.5, 0.6) is 11.5 Å². The summed E-state index contributed by atoms with van der Waals surface area (Å²) < 4.78 is 11.6. The van der Waals surface area contributed by atoms with Crippen LogP contribution in [0.2, 0.25) is 0 Å². The van der Waals surface area contributed by atoms with Gasteiger partial charge in [0, 0.05) is 0 Å². The van der Waals surface area contributed by atoms with Crippen LogP contribution in [0.15, 0.2) is 48.5 Å². The lowest BCUT2D eigenvalue weighted by Crippen LogP contribution is -2.07. The maximum atomic E-state index is 5.94. The minimum Gasteiger partial charge on any atom is -0.490 e. The van der Waals surface area contributed by atoms with Crippen LogP contribution in [-0.4, -0.2) is 13.2 Å². The first-order valence-corrected chi connectivity index (χ1v) is 7.46. The molecule has 2 rings (SSSR count). The Hall–Kier alpha value is -2.00. The largest absolute Gasteiger partial charge is 0.490 e. The van der Waals surface area contributed by atoms with Crippen LogP contribution < -0.4 is 15.2 Å². The van der Waals surface area contributed by atoms with Crippen LogP contribution in [-0.2, 0) is 13.0 Å². The summed E-state index contributed by atoms with van der Waals surface area (Å²) in [6.07, 6.45) is 1.85. The predicted octanol–water partition coefficient (Wildman–Crippen LogP) is 3.56. The molecule has 112 valence electrons. The van der Waals surface area contributed by atoms with Crippen LogP contribution in [0.1, 0.15) is 24.5 Å². The Morgan fingerprint density at radius 2 is 1.48 bits per heavy atom. The van der Waals surface area contributed by atoms with E-state index in [1.165, 1.54) is 11.1 Å². The molecule has 0 saturated carbocycles. The smallest absolute Gasteiger partial charge is 0.161 e. The Morgan fingerprint density at radius 3 is 2.14 bits per heavy atom. The van der Waals surface area contributed by atoms with Crippen LogP contribution in [0, 0.1) is 0 Å². The van der Waals surface area contributed by atoms with Crippen LogP contribution >= 0.6 is 0 Å². The molecule has 3 nitrogen and oxygen atoms in total. The molecule has 0 aromatic heterocycles. The summed E-state index contributed by atoms with van der Waals surface area (Å²) in [6, 6.07) is 16.0. The fraction of sp³-hybridized carbons (Fsp3) is 0.333. The van der Waals surface area contributed by atoms with E-state index in [0.29, 0.717) is 19.8 Å². The molecule has 0 spiro atoms. The quantitative estimate of drug-likeness (QED) is 0.806. The molecule has 0 atom stereocenters. The van der Waals surface area contributed by atoms with Gasteiger partial charge in [-0.3, -0.25) is 0 Å². The van der Waals surface area contributed by atoms with Crippen LogP contribution in [0.4, 0.5) is 0 Å². The van der Waals surface area contributed by atoms with E-state index in [4.69, 9.17) is 15.2 Å². The predicted molar refractivity (Wildman–Crippen MR) is 85.8 cm³/mol. The van der Waals surface area contributed by atoms with Crippen molar-refractivity contribution < 1.29 is 9.47 Å². The Bertz CT molecular complexity index is 554. The molecule has 3 heteroatoms. The van der Waals surface area contributed by atoms with Crippen molar-refractivity contribution >= 4 is 0 Å². The van der Waals surface area contributed by atoms with Crippen molar-refractivity contribution in [2.24, 2.45) is 5.73 Å². The van der Waals surface area contributed by atoms with Crippen molar-refractivity contribution in [1.29, 1.82) is 0 Å². The minimum atomic E-state index is 0.530. The average molecular weight is 285 g/mol. The van der Waals surface area contributed by atoms with Crippen molar-refractivity contribution in [3.63, 3.8) is 0 Å². The maximum absolute atomic E-state index is 5.94. The number of benzene rings is 2. The highest BCUT2D eigenvalue weighted by molar-refractivity contribution is 5.40. The molecular formula is C18H23NO2. The Morgan fingerprint density at radius 1 is 0.857 bits per heavy atom. The number of hydrogen-bond acceptors (Lipinski definition) is 3. The molecule has 0 bridgehead atoms. The van der Waals surface area contributed by atoms with E-state index in [1.807, 2.05) is 36.4 Å². The van der Waals surface area contributed by atoms with E-state index >= 15 is 0 Å². The fourth-order valence-corrected chi connectivity index (χ4v) is 2.15. The van der Waals surface area contributed by atoms with E-state index in [9.17, 15) is 0 Å². The van der Waals surface area contributed by atoms with Gasteiger partial charge in [0.15, 0.2) is 11.5 Å². The van der Waals surface area contributed by atoms with Crippen molar-refractivity contribution in [3.8, 4) is 11.5 Å². The van der Waals surface area contributed by atoms with Gasteiger partial charge in [-0.15, -0.1) is 0 Å². The molecule has 0 aliphatic rings. The van der Waals surface area contributed by atoms with Crippen LogP contribution in [0.25, 0.3) is 0 Å². The van der Waals surface area contributed by atoms with Gasteiger partial charge >= 0.3 is 0 Å². The summed E-state index contributed by atoms with van der Waals surface area (Å²) in [4.78, 5) is 0. The summed E-state index contributed by atoms with van der Waals surface area (Å²) in [5.41, 5.74) is 8.07. The van der Waals surface area contributed by atoms with Gasteiger partial charge in [-0.2, -0.15) is 0 Å². The monoisotopic (exact) mass is 285 g/mol. The highest BCUT2D eigenvalue weighted by Gasteiger charge is 2.06. The third-order valence-corrected chi connectivity index (χ3v) is 3.23. The second-order valence-corrected chi connectivity index (χ2v) is 4.89. The van der Waals surface area contributed by atoms with E-state index in [1.54, 1.807) is 0 Å². The average Bonchev–Trinajstić information content (AvgIpc) is 2.53. The Labute approximate surface area is 126 Å². The number of ether oxygens (including phenoxy) is 2. The fourth-order valence-electron chi connectivity index (χ4n) is 2.15. The van der Waals surface area contributed by atoms with E-state index in [0.717, 1.165) is 24.3 Å². The van der Waals surface area contributed by atoms with Gasteiger partial charge in [0.05, 0.1) is 6.61 Å². The Balaban J connectivity index is 2.06. The molecule has 0 aliphatic heterocycles. The molecule has 21 heavy (non-hydrogen) atoms. The molecule has 0 radical (unpaired) electrons. The molecule has 0 unspecified atom stereocenters. The lowest BCUT2D eigenvalue weighted by atomic mass is 10.1. The lowest BCUT2D eigenvalue weighted by molar-refractivity contribution is 0.261. The molecule has 0 amide bonds. The first-order valence-electron chi connectivity index (χ1n) is 7.46. The molecule has 2 aromatic carbocycles. The Kier molecular flexibility index (Phi) is 6.10. The van der Waals surface area contributed by atoms with Gasteiger partial charge in [-0.05, 0) is 42.6 Å². The molecule has 2 aromatic rings. The molecule has 0 fully saturated rings.